The summed E-state index contributed by atoms with van der Waals surface area (Å²) in [5, 5.41) is 7.61. The third-order valence-corrected chi connectivity index (χ3v) is 4.67. The molecule has 2 heterocycles. The van der Waals surface area contributed by atoms with Crippen molar-refractivity contribution in [1.82, 2.24) is 10.1 Å². The van der Waals surface area contributed by atoms with Crippen molar-refractivity contribution in [2.75, 3.05) is 0 Å². The van der Waals surface area contributed by atoms with Crippen molar-refractivity contribution in [3.05, 3.63) is 88.1 Å². The lowest BCUT2D eigenvalue weighted by Gasteiger charge is -2.10. The molecule has 0 unspecified atom stereocenters. The molecule has 2 aromatic carbocycles. The van der Waals surface area contributed by atoms with Crippen molar-refractivity contribution in [3.63, 3.8) is 0 Å². The van der Waals surface area contributed by atoms with Crippen LogP contribution >= 0.6 is 11.3 Å². The number of thiophene rings is 1. The first kappa shape index (κ1) is 18.8. The van der Waals surface area contributed by atoms with Crippen molar-refractivity contribution in [2.24, 2.45) is 0 Å². The number of ether oxygens (including phenoxy) is 2. The van der Waals surface area contributed by atoms with Crippen LogP contribution in [0, 0.1) is 5.82 Å². The van der Waals surface area contributed by atoms with Gasteiger partial charge in [-0.25, -0.2) is 9.18 Å². The minimum Gasteiger partial charge on any atom is -0.488 e. The van der Waals surface area contributed by atoms with E-state index in [1.54, 1.807) is 36.4 Å². The van der Waals surface area contributed by atoms with Gasteiger partial charge >= 0.3 is 5.97 Å². The number of benzene rings is 2. The van der Waals surface area contributed by atoms with Crippen LogP contribution in [0.1, 0.15) is 21.7 Å². The van der Waals surface area contributed by atoms with Crippen molar-refractivity contribution >= 4 is 17.3 Å². The van der Waals surface area contributed by atoms with Crippen molar-refractivity contribution in [1.29, 1.82) is 0 Å². The second-order valence-corrected chi connectivity index (χ2v) is 6.80. The molecule has 0 saturated heterocycles. The van der Waals surface area contributed by atoms with Gasteiger partial charge in [0, 0.05) is 5.38 Å². The monoisotopic (exact) mass is 410 g/mol. The smallest absolute Gasteiger partial charge is 0.342 e. The number of halogens is 1. The molecule has 0 N–H and O–H groups in total. The third-order valence-electron chi connectivity index (χ3n) is 3.98. The Labute approximate surface area is 169 Å². The Morgan fingerprint density at radius 3 is 2.69 bits per heavy atom. The molecule has 0 aliphatic heterocycles. The zero-order valence-corrected chi connectivity index (χ0v) is 15.9. The fourth-order valence-electron chi connectivity index (χ4n) is 2.53. The normalized spacial score (nSPS) is 10.7. The number of hydrogen-bond acceptors (Lipinski definition) is 7. The molecule has 0 aliphatic carbocycles. The lowest BCUT2D eigenvalue weighted by molar-refractivity contribution is 0.0454. The number of carbonyl (C=O) groups is 1. The molecule has 4 rings (SSSR count). The first-order chi connectivity index (χ1) is 14.2. The van der Waals surface area contributed by atoms with Crippen molar-refractivity contribution in [3.8, 4) is 17.2 Å². The maximum absolute atomic E-state index is 13.0. The fourth-order valence-corrected chi connectivity index (χ4v) is 3.16. The van der Waals surface area contributed by atoms with Crippen LogP contribution in [0.5, 0.6) is 5.75 Å². The third kappa shape index (κ3) is 4.67. The molecule has 6 nitrogen and oxygen atoms in total. The molecule has 8 heteroatoms. The first-order valence-electron chi connectivity index (χ1n) is 8.67. The molecular formula is C21H15FN2O4S. The molecule has 2 aromatic heterocycles. The summed E-state index contributed by atoms with van der Waals surface area (Å²) in [5.74, 6) is 0.126. The summed E-state index contributed by atoms with van der Waals surface area (Å²) in [6, 6.07) is 14.6. The summed E-state index contributed by atoms with van der Waals surface area (Å²) in [4.78, 5) is 16.7. The van der Waals surface area contributed by atoms with Crippen LogP contribution in [0.2, 0.25) is 0 Å². The van der Waals surface area contributed by atoms with Gasteiger partial charge < -0.3 is 14.0 Å². The molecule has 0 bridgehead atoms. The van der Waals surface area contributed by atoms with E-state index in [9.17, 15) is 9.18 Å². The standard InChI is InChI=1S/C21H15FN2O4S/c22-16-7-5-14(6-8-16)11-26-18-4-2-1-3-17(18)21(25)27-12-19-23-20(28-24-19)15-9-10-29-13-15/h1-10,13H,11-12H2. The van der Waals surface area contributed by atoms with Crippen LogP contribution in [-0.4, -0.2) is 16.1 Å². The topological polar surface area (TPSA) is 74.5 Å². The highest BCUT2D eigenvalue weighted by molar-refractivity contribution is 7.08. The highest BCUT2D eigenvalue weighted by Crippen LogP contribution is 2.22. The van der Waals surface area contributed by atoms with Gasteiger partial charge in [-0.05, 0) is 41.3 Å². The van der Waals surface area contributed by atoms with E-state index in [2.05, 4.69) is 10.1 Å². The van der Waals surface area contributed by atoms with Gasteiger partial charge in [0.2, 0.25) is 5.82 Å². The summed E-state index contributed by atoms with van der Waals surface area (Å²) in [5.41, 5.74) is 1.87. The molecule has 0 spiro atoms. The van der Waals surface area contributed by atoms with E-state index in [4.69, 9.17) is 14.0 Å². The van der Waals surface area contributed by atoms with E-state index in [1.165, 1.54) is 23.5 Å². The van der Waals surface area contributed by atoms with Gasteiger partial charge in [0.1, 0.15) is 23.7 Å². The molecule has 0 saturated carbocycles. The van der Waals surface area contributed by atoms with E-state index in [0.717, 1.165) is 11.1 Å². The van der Waals surface area contributed by atoms with E-state index in [0.29, 0.717) is 11.6 Å². The fraction of sp³-hybridized carbons (Fsp3) is 0.0952. The minimum absolute atomic E-state index is 0.126. The molecule has 0 radical (unpaired) electrons. The molecule has 29 heavy (non-hydrogen) atoms. The van der Waals surface area contributed by atoms with Gasteiger partial charge in [0.25, 0.3) is 5.89 Å². The van der Waals surface area contributed by atoms with Crippen LogP contribution in [-0.2, 0) is 18.0 Å². The second-order valence-electron chi connectivity index (χ2n) is 6.02. The summed E-state index contributed by atoms with van der Waals surface area (Å²) in [6.45, 7) is 0.0676. The molecule has 0 amide bonds. The van der Waals surface area contributed by atoms with Crippen LogP contribution < -0.4 is 4.74 Å². The number of esters is 1. The van der Waals surface area contributed by atoms with Gasteiger partial charge in [0.05, 0.1) is 5.56 Å². The average molecular weight is 410 g/mol. The Bertz CT molecular complexity index is 1090. The maximum Gasteiger partial charge on any atom is 0.342 e. The zero-order valence-electron chi connectivity index (χ0n) is 15.1. The van der Waals surface area contributed by atoms with Crippen molar-refractivity contribution in [2.45, 2.75) is 13.2 Å². The number of carbonyl (C=O) groups excluding carboxylic acids is 1. The zero-order chi connectivity index (χ0) is 20.1. The Morgan fingerprint density at radius 2 is 1.90 bits per heavy atom. The van der Waals surface area contributed by atoms with Crippen LogP contribution in [0.15, 0.2) is 69.9 Å². The maximum atomic E-state index is 13.0. The van der Waals surface area contributed by atoms with Gasteiger partial charge in [-0.15, -0.1) is 0 Å². The second kappa shape index (κ2) is 8.66. The predicted molar refractivity (Wildman–Crippen MR) is 104 cm³/mol. The van der Waals surface area contributed by atoms with Gasteiger partial charge in [-0.2, -0.15) is 16.3 Å². The first-order valence-corrected chi connectivity index (χ1v) is 9.62. The van der Waals surface area contributed by atoms with Crippen LogP contribution in [0.25, 0.3) is 11.5 Å². The Balaban J connectivity index is 1.39. The number of rotatable bonds is 7. The van der Waals surface area contributed by atoms with E-state index < -0.39 is 5.97 Å². The Kier molecular flexibility index (Phi) is 5.62. The summed E-state index contributed by atoms with van der Waals surface area (Å²) < 4.78 is 29.2. The Morgan fingerprint density at radius 1 is 1.07 bits per heavy atom. The Hall–Kier alpha value is -3.52. The van der Waals surface area contributed by atoms with Gasteiger partial charge in [0.15, 0.2) is 6.61 Å². The summed E-state index contributed by atoms with van der Waals surface area (Å²) in [6.07, 6.45) is 0. The predicted octanol–water partition coefficient (Wildman–Crippen LogP) is 4.87. The molecule has 146 valence electrons. The van der Waals surface area contributed by atoms with E-state index in [-0.39, 0.29) is 30.4 Å². The molecule has 0 fully saturated rings. The molecule has 0 aliphatic rings. The number of para-hydroxylation sites is 1. The van der Waals surface area contributed by atoms with Crippen LogP contribution in [0.3, 0.4) is 0 Å². The highest BCUT2D eigenvalue weighted by atomic mass is 32.1. The van der Waals surface area contributed by atoms with Crippen LogP contribution in [0.4, 0.5) is 4.39 Å². The summed E-state index contributed by atoms with van der Waals surface area (Å²) >= 11 is 1.52. The number of aromatic nitrogens is 2. The highest BCUT2D eigenvalue weighted by Gasteiger charge is 2.16. The van der Waals surface area contributed by atoms with Gasteiger partial charge in [-0.3, -0.25) is 0 Å². The summed E-state index contributed by atoms with van der Waals surface area (Å²) in [7, 11) is 0. The number of nitrogens with zero attached hydrogens (tertiary/aromatic N) is 2. The molecule has 4 aromatic rings. The average Bonchev–Trinajstić information content (AvgIpc) is 3.44. The SMILES string of the molecule is O=C(OCc1noc(-c2ccsc2)n1)c1ccccc1OCc1ccc(F)cc1. The minimum atomic E-state index is -0.568. The molecule has 0 atom stereocenters. The number of hydrogen-bond donors (Lipinski definition) is 0. The van der Waals surface area contributed by atoms with E-state index >= 15 is 0 Å². The lowest BCUT2D eigenvalue weighted by Crippen LogP contribution is -2.09. The van der Waals surface area contributed by atoms with E-state index in [1.807, 2.05) is 16.8 Å². The molecular weight excluding hydrogens is 395 g/mol. The van der Waals surface area contributed by atoms with Gasteiger partial charge in [-0.1, -0.05) is 29.4 Å². The quantitative estimate of drug-likeness (QED) is 0.405. The largest absolute Gasteiger partial charge is 0.488 e. The van der Waals surface area contributed by atoms with Crippen molar-refractivity contribution < 1.29 is 23.2 Å². The lowest BCUT2D eigenvalue weighted by atomic mass is 10.2.